The number of benzene rings is 2. The number of H-pyrrole nitrogens is 1. The van der Waals surface area contributed by atoms with Crippen molar-refractivity contribution in [3.8, 4) is 0 Å². The van der Waals surface area contributed by atoms with E-state index in [0.29, 0.717) is 12.3 Å². The molecule has 1 saturated heterocycles. The third kappa shape index (κ3) is 2.84. The summed E-state index contributed by atoms with van der Waals surface area (Å²) in [6, 6.07) is 16.5. The van der Waals surface area contributed by atoms with E-state index in [-0.39, 0.29) is 5.91 Å². The molecule has 0 bridgehead atoms. The summed E-state index contributed by atoms with van der Waals surface area (Å²) in [7, 11) is 0. The summed E-state index contributed by atoms with van der Waals surface area (Å²) in [5.41, 5.74) is 2.21. The minimum absolute atomic E-state index is 0.210. The van der Waals surface area contributed by atoms with E-state index in [4.69, 9.17) is 0 Å². The summed E-state index contributed by atoms with van der Waals surface area (Å²) < 4.78 is 0. The van der Waals surface area contributed by atoms with Crippen LogP contribution in [0.2, 0.25) is 0 Å². The zero-order chi connectivity index (χ0) is 15.6. The Bertz CT molecular complexity index is 826. The third-order valence-corrected chi connectivity index (χ3v) is 4.67. The maximum atomic E-state index is 12.6. The number of aromatic nitrogens is 2. The molecule has 0 aliphatic carbocycles. The number of hydrogen-bond acceptors (Lipinski definition) is 2. The van der Waals surface area contributed by atoms with Crippen LogP contribution in [0.5, 0.6) is 0 Å². The van der Waals surface area contributed by atoms with E-state index in [1.54, 1.807) is 6.20 Å². The molecular weight excluding hydrogens is 286 g/mol. The maximum absolute atomic E-state index is 12.6. The van der Waals surface area contributed by atoms with Crippen molar-refractivity contribution in [2.24, 2.45) is 0 Å². The first-order valence-electron chi connectivity index (χ1n) is 8.04. The van der Waals surface area contributed by atoms with Crippen molar-refractivity contribution in [2.75, 3.05) is 13.1 Å². The fraction of sp³-hybridized carbons (Fsp3) is 0.263. The summed E-state index contributed by atoms with van der Waals surface area (Å²) in [4.78, 5) is 14.5. The van der Waals surface area contributed by atoms with Gasteiger partial charge in [0.05, 0.1) is 6.42 Å². The van der Waals surface area contributed by atoms with Crippen molar-refractivity contribution in [3.63, 3.8) is 0 Å². The lowest BCUT2D eigenvalue weighted by Gasteiger charge is -2.16. The standard InChI is InChI=1S/C19H19N3O/c23-19(22-10-8-17(13-22)18-7-9-20-21-18)12-14-5-6-15-3-1-2-4-16(15)11-14/h1-7,9,11,17H,8,10,12-13H2,(H,20,21). The summed E-state index contributed by atoms with van der Waals surface area (Å²) in [5.74, 6) is 0.598. The van der Waals surface area contributed by atoms with E-state index >= 15 is 0 Å². The molecule has 0 spiro atoms. The van der Waals surface area contributed by atoms with Crippen LogP contribution in [0.15, 0.2) is 54.7 Å². The fourth-order valence-electron chi connectivity index (χ4n) is 3.37. The van der Waals surface area contributed by atoms with Gasteiger partial charge in [-0.05, 0) is 28.8 Å². The van der Waals surface area contributed by atoms with Crippen LogP contribution in [-0.2, 0) is 11.2 Å². The molecule has 1 fully saturated rings. The van der Waals surface area contributed by atoms with Crippen LogP contribution in [0, 0.1) is 0 Å². The highest BCUT2D eigenvalue weighted by Crippen LogP contribution is 2.26. The van der Waals surface area contributed by atoms with Crippen molar-refractivity contribution in [1.29, 1.82) is 0 Å². The van der Waals surface area contributed by atoms with Gasteiger partial charge in [0.1, 0.15) is 0 Å². The Morgan fingerprint density at radius 1 is 1.17 bits per heavy atom. The number of carbonyl (C=O) groups is 1. The minimum Gasteiger partial charge on any atom is -0.342 e. The third-order valence-electron chi connectivity index (χ3n) is 4.67. The number of aromatic amines is 1. The van der Waals surface area contributed by atoms with Crippen LogP contribution in [0.3, 0.4) is 0 Å². The van der Waals surface area contributed by atoms with Crippen LogP contribution in [0.25, 0.3) is 10.8 Å². The van der Waals surface area contributed by atoms with Gasteiger partial charge in [0, 0.05) is 30.9 Å². The zero-order valence-electron chi connectivity index (χ0n) is 12.9. The largest absolute Gasteiger partial charge is 0.342 e. The SMILES string of the molecule is O=C(Cc1ccc2ccccc2c1)N1CCC(c2ccn[nH]2)C1. The smallest absolute Gasteiger partial charge is 0.227 e. The van der Waals surface area contributed by atoms with Crippen molar-refractivity contribution < 1.29 is 4.79 Å². The Labute approximate surface area is 135 Å². The molecule has 1 unspecified atom stereocenters. The fourth-order valence-corrected chi connectivity index (χ4v) is 3.37. The highest BCUT2D eigenvalue weighted by molar-refractivity contribution is 5.85. The van der Waals surface area contributed by atoms with Gasteiger partial charge in [-0.2, -0.15) is 5.10 Å². The number of rotatable bonds is 3. The Morgan fingerprint density at radius 2 is 2.04 bits per heavy atom. The summed E-state index contributed by atoms with van der Waals surface area (Å²) in [6.07, 6.45) is 3.25. The molecule has 1 N–H and O–H groups in total. The Kier molecular flexibility index (Phi) is 3.58. The maximum Gasteiger partial charge on any atom is 0.227 e. The Morgan fingerprint density at radius 3 is 2.87 bits per heavy atom. The van der Waals surface area contributed by atoms with E-state index < -0.39 is 0 Å². The molecule has 1 aliphatic rings. The first-order chi connectivity index (χ1) is 11.3. The number of nitrogens with one attached hydrogen (secondary N) is 1. The second kappa shape index (κ2) is 5.88. The van der Waals surface area contributed by atoms with E-state index in [0.717, 1.165) is 30.8 Å². The van der Waals surface area contributed by atoms with E-state index in [1.165, 1.54) is 10.8 Å². The number of amides is 1. The summed E-state index contributed by atoms with van der Waals surface area (Å²) in [6.45, 7) is 1.62. The zero-order valence-corrected chi connectivity index (χ0v) is 12.9. The molecule has 0 saturated carbocycles. The second-order valence-corrected chi connectivity index (χ2v) is 6.20. The molecule has 23 heavy (non-hydrogen) atoms. The quantitative estimate of drug-likeness (QED) is 0.808. The van der Waals surface area contributed by atoms with E-state index in [1.807, 2.05) is 23.1 Å². The average Bonchev–Trinajstić information content (AvgIpc) is 3.26. The van der Waals surface area contributed by atoms with Crippen molar-refractivity contribution in [1.82, 2.24) is 15.1 Å². The first-order valence-corrected chi connectivity index (χ1v) is 8.04. The van der Waals surface area contributed by atoms with Gasteiger partial charge < -0.3 is 4.90 Å². The highest BCUT2D eigenvalue weighted by Gasteiger charge is 2.27. The molecule has 4 nitrogen and oxygen atoms in total. The number of fused-ring (bicyclic) bond motifs is 1. The van der Waals surface area contributed by atoms with Gasteiger partial charge in [-0.3, -0.25) is 9.89 Å². The Hall–Kier alpha value is -2.62. The molecule has 1 amide bonds. The lowest BCUT2D eigenvalue weighted by molar-refractivity contribution is -0.129. The molecule has 0 radical (unpaired) electrons. The van der Waals surface area contributed by atoms with Gasteiger partial charge in [-0.25, -0.2) is 0 Å². The topological polar surface area (TPSA) is 49.0 Å². The van der Waals surface area contributed by atoms with Crippen LogP contribution in [0.1, 0.15) is 23.6 Å². The molecule has 3 aromatic rings. The lowest BCUT2D eigenvalue weighted by Crippen LogP contribution is -2.29. The molecule has 1 atom stereocenters. The molecular formula is C19H19N3O. The number of nitrogens with zero attached hydrogens (tertiary/aromatic N) is 2. The first kappa shape index (κ1) is 14.0. The Balaban J connectivity index is 1.45. The molecule has 4 heteroatoms. The second-order valence-electron chi connectivity index (χ2n) is 6.20. The lowest BCUT2D eigenvalue weighted by atomic mass is 10.0. The van der Waals surface area contributed by atoms with Crippen LogP contribution in [0.4, 0.5) is 0 Å². The summed E-state index contributed by atoms with van der Waals surface area (Å²) >= 11 is 0. The number of likely N-dealkylation sites (tertiary alicyclic amines) is 1. The van der Waals surface area contributed by atoms with Crippen molar-refractivity contribution >= 4 is 16.7 Å². The van der Waals surface area contributed by atoms with Crippen molar-refractivity contribution in [3.05, 3.63) is 66.0 Å². The molecule has 4 rings (SSSR count). The predicted molar refractivity (Wildman–Crippen MR) is 90.2 cm³/mol. The van der Waals surface area contributed by atoms with Crippen molar-refractivity contribution in [2.45, 2.75) is 18.8 Å². The van der Waals surface area contributed by atoms with Crippen LogP contribution in [-0.4, -0.2) is 34.1 Å². The van der Waals surface area contributed by atoms with Crippen LogP contribution < -0.4 is 0 Å². The normalized spacial score (nSPS) is 17.7. The monoisotopic (exact) mass is 305 g/mol. The van der Waals surface area contributed by atoms with E-state index in [2.05, 4.69) is 40.5 Å². The van der Waals surface area contributed by atoms with Gasteiger partial charge in [0.15, 0.2) is 0 Å². The predicted octanol–water partition coefficient (Wildman–Crippen LogP) is 3.12. The van der Waals surface area contributed by atoms with Gasteiger partial charge >= 0.3 is 0 Å². The van der Waals surface area contributed by atoms with Crippen LogP contribution >= 0.6 is 0 Å². The number of hydrogen-bond donors (Lipinski definition) is 1. The highest BCUT2D eigenvalue weighted by atomic mass is 16.2. The average molecular weight is 305 g/mol. The molecule has 2 heterocycles. The van der Waals surface area contributed by atoms with Gasteiger partial charge in [0.2, 0.25) is 5.91 Å². The molecule has 116 valence electrons. The van der Waals surface area contributed by atoms with E-state index in [9.17, 15) is 4.79 Å². The molecule has 2 aromatic carbocycles. The summed E-state index contributed by atoms with van der Waals surface area (Å²) in [5, 5.41) is 9.43. The van der Waals surface area contributed by atoms with Gasteiger partial charge in [-0.15, -0.1) is 0 Å². The number of carbonyl (C=O) groups excluding carboxylic acids is 1. The molecule has 1 aliphatic heterocycles. The minimum atomic E-state index is 0.210. The van der Waals surface area contributed by atoms with Gasteiger partial charge in [0.25, 0.3) is 0 Å². The molecule has 1 aromatic heterocycles. The van der Waals surface area contributed by atoms with Gasteiger partial charge in [-0.1, -0.05) is 42.5 Å².